The molecule has 2 N–H and O–H groups in total. The Morgan fingerprint density at radius 3 is 2.38 bits per heavy atom. The fraction of sp³-hybridized carbons (Fsp3) is 0.667. The number of nitrogens with one attached hydrogen (secondary N) is 2. The second kappa shape index (κ2) is 2.88. The van der Waals surface area contributed by atoms with Crippen molar-refractivity contribution in [2.24, 2.45) is 5.10 Å². The van der Waals surface area contributed by atoms with Crippen LogP contribution in [0.15, 0.2) is 5.10 Å². The number of rotatable bonds is 0. The Labute approximate surface area is 58.6 Å². The maximum atomic E-state index is 3.80. The fourth-order valence-electron chi connectivity index (χ4n) is 0.337. The van der Waals surface area contributed by atoms with E-state index in [0.29, 0.717) is 0 Å². The van der Waals surface area contributed by atoms with Gasteiger partial charge >= 0.3 is 0 Å². The minimum atomic E-state index is 0. The predicted octanol–water partition coefficient (Wildman–Crippen LogP) is -0.148. The van der Waals surface area contributed by atoms with E-state index in [1.807, 2.05) is 14.0 Å². The van der Waals surface area contributed by atoms with E-state index in [1.165, 1.54) is 0 Å². The van der Waals surface area contributed by atoms with Crippen molar-refractivity contribution in [1.82, 2.24) is 16.1 Å². The first-order valence-electron chi connectivity index (χ1n) is 2.09. The second-order valence-electron chi connectivity index (χ2n) is 1.44. The van der Waals surface area contributed by atoms with Gasteiger partial charge in [-0.15, -0.1) is 27.6 Å². The minimum absolute atomic E-state index is 0. The van der Waals surface area contributed by atoms with Crippen molar-refractivity contribution < 1.29 is 0 Å². The highest BCUT2D eigenvalue weighted by Crippen LogP contribution is 1.82. The molecule has 4 nitrogen and oxygen atoms in total. The first kappa shape index (κ1) is 7.71. The third-order valence-electron chi connectivity index (χ3n) is 0.921. The molecule has 48 valence electrons. The lowest BCUT2D eigenvalue weighted by molar-refractivity contribution is 0.347. The number of halogens is 1. The minimum Gasteiger partial charge on any atom is -0.278 e. The monoisotopic (exact) mass is 180 g/mol. The smallest absolute Gasteiger partial charge is 0.138 e. The van der Waals surface area contributed by atoms with E-state index in [4.69, 9.17) is 0 Å². The quantitative estimate of drug-likeness (QED) is 0.546. The molecule has 0 unspecified atom stereocenters. The maximum Gasteiger partial charge on any atom is 0.138 e. The van der Waals surface area contributed by atoms with E-state index in [2.05, 4.69) is 16.2 Å². The molecule has 0 aliphatic carbocycles. The molecule has 8 heavy (non-hydrogen) atoms. The number of nitrogens with zero attached hydrogens (tertiary/aromatic N) is 2. The molecule has 0 spiro atoms. The van der Waals surface area contributed by atoms with Crippen LogP contribution in [0.3, 0.4) is 0 Å². The molecular weight excluding hydrogens is 172 g/mol. The predicted molar refractivity (Wildman–Crippen MR) is 37.5 cm³/mol. The molecule has 0 amide bonds. The van der Waals surface area contributed by atoms with Crippen LogP contribution in [0.25, 0.3) is 0 Å². The normalized spacial score (nSPS) is 16.8. The van der Waals surface area contributed by atoms with Crippen LogP contribution in [0.4, 0.5) is 0 Å². The van der Waals surface area contributed by atoms with Gasteiger partial charge in [0.2, 0.25) is 0 Å². The van der Waals surface area contributed by atoms with Gasteiger partial charge in [0.25, 0.3) is 0 Å². The second-order valence-corrected chi connectivity index (χ2v) is 1.44. The van der Waals surface area contributed by atoms with E-state index in [0.717, 1.165) is 5.84 Å². The van der Waals surface area contributed by atoms with Crippen molar-refractivity contribution in [2.45, 2.75) is 6.92 Å². The highest BCUT2D eigenvalue weighted by molar-refractivity contribution is 8.93. The summed E-state index contributed by atoms with van der Waals surface area (Å²) >= 11 is 0. The molecule has 1 heterocycles. The summed E-state index contributed by atoms with van der Waals surface area (Å²) in [4.78, 5) is 0. The summed E-state index contributed by atoms with van der Waals surface area (Å²) in [6.07, 6.45) is 0. The zero-order chi connectivity index (χ0) is 5.28. The van der Waals surface area contributed by atoms with Gasteiger partial charge in [0.15, 0.2) is 0 Å². The summed E-state index contributed by atoms with van der Waals surface area (Å²) in [7, 11) is 1.89. The molecule has 1 rings (SSSR count). The first-order valence-corrected chi connectivity index (χ1v) is 2.09. The van der Waals surface area contributed by atoms with E-state index in [-0.39, 0.29) is 17.0 Å². The van der Waals surface area contributed by atoms with Crippen LogP contribution in [-0.4, -0.2) is 17.9 Å². The zero-order valence-corrected chi connectivity index (χ0v) is 6.52. The van der Waals surface area contributed by atoms with Crippen LogP contribution in [0.1, 0.15) is 6.92 Å². The number of hydrazone groups is 1. The van der Waals surface area contributed by atoms with Gasteiger partial charge in [-0.2, -0.15) is 0 Å². The van der Waals surface area contributed by atoms with Crippen LogP contribution < -0.4 is 11.1 Å². The summed E-state index contributed by atoms with van der Waals surface area (Å²) in [6, 6.07) is 0. The summed E-state index contributed by atoms with van der Waals surface area (Å²) in [6.45, 7) is 1.91. The maximum absolute atomic E-state index is 3.80. The van der Waals surface area contributed by atoms with Crippen LogP contribution in [-0.2, 0) is 0 Å². The molecule has 0 atom stereocenters. The lowest BCUT2D eigenvalue weighted by Crippen LogP contribution is -2.36. The van der Waals surface area contributed by atoms with Crippen LogP contribution >= 0.6 is 17.0 Å². The van der Waals surface area contributed by atoms with Crippen LogP contribution in [0.5, 0.6) is 0 Å². The molecule has 1 aliphatic rings. The van der Waals surface area contributed by atoms with Gasteiger partial charge in [-0.1, -0.05) is 0 Å². The Balaban J connectivity index is 0.000000490. The Kier molecular flexibility index (Phi) is 2.78. The molecule has 0 saturated carbocycles. The summed E-state index contributed by atoms with van der Waals surface area (Å²) in [5.74, 6) is 0.944. The molecule has 0 bridgehead atoms. The van der Waals surface area contributed by atoms with Crippen molar-refractivity contribution >= 4 is 22.8 Å². The summed E-state index contributed by atoms with van der Waals surface area (Å²) < 4.78 is 0. The van der Waals surface area contributed by atoms with Gasteiger partial charge < -0.3 is 0 Å². The average molecular weight is 181 g/mol. The van der Waals surface area contributed by atoms with Crippen molar-refractivity contribution in [3.8, 4) is 0 Å². The Morgan fingerprint density at radius 1 is 1.62 bits per heavy atom. The SMILES string of the molecule is Br.CC1=NNNN1C. The Hall–Kier alpha value is -0.290. The van der Waals surface area contributed by atoms with Crippen molar-refractivity contribution in [3.05, 3.63) is 0 Å². The molecule has 0 radical (unpaired) electrons. The standard InChI is InChI=1S/C3H8N4.BrH/c1-3-4-5-6-7(3)2;/h5-6H,1-2H3;1H. The number of amidine groups is 1. The van der Waals surface area contributed by atoms with Gasteiger partial charge in [0.05, 0.1) is 0 Å². The van der Waals surface area contributed by atoms with E-state index in [1.54, 1.807) is 5.01 Å². The molecule has 0 aromatic carbocycles. The molecule has 0 aromatic heterocycles. The number of hydrogen-bond acceptors (Lipinski definition) is 4. The van der Waals surface area contributed by atoms with Gasteiger partial charge in [-0.05, 0) is 6.92 Å². The highest BCUT2D eigenvalue weighted by atomic mass is 79.9. The average Bonchev–Trinajstić information content (AvgIpc) is 1.91. The fourth-order valence-corrected chi connectivity index (χ4v) is 0.337. The lowest BCUT2D eigenvalue weighted by atomic mass is 10.7. The molecule has 0 fully saturated rings. The van der Waals surface area contributed by atoms with Crippen LogP contribution in [0.2, 0.25) is 0 Å². The van der Waals surface area contributed by atoms with Gasteiger partial charge in [-0.25, -0.2) is 5.53 Å². The topological polar surface area (TPSA) is 39.7 Å². The lowest BCUT2D eigenvalue weighted by Gasteiger charge is -2.06. The van der Waals surface area contributed by atoms with Crippen molar-refractivity contribution in [2.75, 3.05) is 7.05 Å². The molecule has 0 aromatic rings. The third kappa shape index (κ3) is 1.34. The van der Waals surface area contributed by atoms with E-state index in [9.17, 15) is 0 Å². The Morgan fingerprint density at radius 2 is 2.25 bits per heavy atom. The molecular formula is C3H9BrN4. The van der Waals surface area contributed by atoms with E-state index >= 15 is 0 Å². The third-order valence-corrected chi connectivity index (χ3v) is 0.921. The van der Waals surface area contributed by atoms with E-state index < -0.39 is 0 Å². The molecule has 0 saturated heterocycles. The number of hydrazine groups is 2. The summed E-state index contributed by atoms with van der Waals surface area (Å²) in [5, 5.41) is 5.59. The van der Waals surface area contributed by atoms with Crippen molar-refractivity contribution in [3.63, 3.8) is 0 Å². The first-order chi connectivity index (χ1) is 3.30. The Bertz CT molecular complexity index is 101. The van der Waals surface area contributed by atoms with Gasteiger partial charge in [0.1, 0.15) is 5.84 Å². The molecule has 5 heteroatoms. The van der Waals surface area contributed by atoms with Gasteiger partial charge in [0, 0.05) is 7.05 Å². The largest absolute Gasteiger partial charge is 0.278 e. The summed E-state index contributed by atoms with van der Waals surface area (Å²) in [5.41, 5.74) is 5.33. The highest BCUT2D eigenvalue weighted by Gasteiger charge is 2.02. The van der Waals surface area contributed by atoms with Crippen LogP contribution in [0, 0.1) is 0 Å². The number of hydrogen-bond donors (Lipinski definition) is 2. The van der Waals surface area contributed by atoms with Crippen molar-refractivity contribution in [1.29, 1.82) is 0 Å². The molecule has 1 aliphatic heterocycles. The zero-order valence-electron chi connectivity index (χ0n) is 4.80. The van der Waals surface area contributed by atoms with Gasteiger partial charge in [-0.3, -0.25) is 5.01 Å².